The summed E-state index contributed by atoms with van der Waals surface area (Å²) < 4.78 is 16.9. The zero-order valence-corrected chi connectivity index (χ0v) is 53.9. The Morgan fingerprint density at radius 2 is 0.494 bits per heavy atom. The fourth-order valence-corrected chi connectivity index (χ4v) is 9.26. The third-order valence-electron chi connectivity index (χ3n) is 14.3. The van der Waals surface area contributed by atoms with Crippen LogP contribution >= 0.6 is 0 Å². The molecular formula is C77H126O6. The lowest BCUT2D eigenvalue weighted by molar-refractivity contribution is -0.166. The van der Waals surface area contributed by atoms with Crippen molar-refractivity contribution in [2.45, 2.75) is 309 Å². The van der Waals surface area contributed by atoms with Crippen molar-refractivity contribution in [1.29, 1.82) is 0 Å². The van der Waals surface area contributed by atoms with Crippen molar-refractivity contribution in [3.05, 3.63) is 146 Å². The van der Waals surface area contributed by atoms with E-state index in [4.69, 9.17) is 14.2 Å². The monoisotopic (exact) mass is 1150 g/mol. The molecule has 0 aromatic rings. The molecule has 0 aliphatic carbocycles. The maximum Gasteiger partial charge on any atom is 0.306 e. The predicted molar refractivity (Wildman–Crippen MR) is 362 cm³/mol. The number of hydrogen-bond donors (Lipinski definition) is 0. The normalized spacial score (nSPS) is 13.0. The fourth-order valence-electron chi connectivity index (χ4n) is 9.26. The molecule has 0 radical (unpaired) electrons. The van der Waals surface area contributed by atoms with Gasteiger partial charge in [0.1, 0.15) is 13.2 Å². The highest BCUT2D eigenvalue weighted by Gasteiger charge is 2.19. The first kappa shape index (κ1) is 78.3. The van der Waals surface area contributed by atoms with E-state index in [0.717, 1.165) is 109 Å². The maximum atomic E-state index is 12.9. The van der Waals surface area contributed by atoms with Gasteiger partial charge in [-0.05, 0) is 128 Å². The second kappa shape index (κ2) is 69.8. The molecular weight excluding hydrogens is 1020 g/mol. The van der Waals surface area contributed by atoms with E-state index < -0.39 is 12.1 Å². The van der Waals surface area contributed by atoms with Crippen molar-refractivity contribution in [2.24, 2.45) is 0 Å². The van der Waals surface area contributed by atoms with Gasteiger partial charge in [-0.25, -0.2) is 0 Å². The average Bonchev–Trinajstić information content (AvgIpc) is 3.49. The first-order chi connectivity index (χ1) is 41.0. The molecule has 0 aromatic carbocycles. The average molecular weight is 1150 g/mol. The number of ether oxygens (including phenoxy) is 3. The third kappa shape index (κ3) is 68.0. The number of unbranched alkanes of at least 4 members (excludes halogenated alkanes) is 26. The molecule has 1 unspecified atom stereocenters. The molecule has 83 heavy (non-hydrogen) atoms. The Bertz CT molecular complexity index is 1800. The molecule has 0 aliphatic rings. The van der Waals surface area contributed by atoms with E-state index in [2.05, 4.69) is 161 Å². The molecule has 0 amide bonds. The van der Waals surface area contributed by atoms with Gasteiger partial charge in [0.15, 0.2) is 6.10 Å². The van der Waals surface area contributed by atoms with Crippen LogP contribution in [0.15, 0.2) is 146 Å². The molecule has 0 heterocycles. The summed E-state index contributed by atoms with van der Waals surface area (Å²) in [5, 5.41) is 0. The van der Waals surface area contributed by atoms with Crippen LogP contribution in [0.2, 0.25) is 0 Å². The molecule has 0 spiro atoms. The molecule has 0 saturated heterocycles. The van der Waals surface area contributed by atoms with Gasteiger partial charge in [0.2, 0.25) is 0 Å². The van der Waals surface area contributed by atoms with Crippen LogP contribution in [-0.2, 0) is 28.6 Å². The van der Waals surface area contributed by atoms with Crippen molar-refractivity contribution in [3.8, 4) is 0 Å². The quantitative estimate of drug-likeness (QED) is 0.0261. The molecule has 6 heteroatoms. The van der Waals surface area contributed by atoms with Crippen LogP contribution in [0.4, 0.5) is 0 Å². The van der Waals surface area contributed by atoms with Gasteiger partial charge in [-0.15, -0.1) is 0 Å². The summed E-state index contributed by atoms with van der Waals surface area (Å²) in [4.78, 5) is 38.4. The van der Waals surface area contributed by atoms with E-state index in [1.54, 1.807) is 0 Å². The minimum absolute atomic E-state index is 0.113. The highest BCUT2D eigenvalue weighted by molar-refractivity contribution is 5.71. The predicted octanol–water partition coefficient (Wildman–Crippen LogP) is 23.9. The van der Waals surface area contributed by atoms with Crippen LogP contribution in [0, 0.1) is 0 Å². The van der Waals surface area contributed by atoms with E-state index >= 15 is 0 Å². The lowest BCUT2D eigenvalue weighted by Gasteiger charge is -2.18. The molecule has 0 fully saturated rings. The molecule has 0 aliphatic heterocycles. The Kier molecular flexibility index (Phi) is 65.8. The highest BCUT2D eigenvalue weighted by Crippen LogP contribution is 2.16. The number of carbonyl (C=O) groups excluding carboxylic acids is 3. The Labute approximate surface area is 512 Å². The van der Waals surface area contributed by atoms with Gasteiger partial charge in [0.25, 0.3) is 0 Å². The van der Waals surface area contributed by atoms with Crippen molar-refractivity contribution in [2.75, 3.05) is 13.2 Å². The van der Waals surface area contributed by atoms with Crippen molar-refractivity contribution in [3.63, 3.8) is 0 Å². The van der Waals surface area contributed by atoms with E-state index in [9.17, 15) is 14.4 Å². The zero-order valence-electron chi connectivity index (χ0n) is 53.9. The Hall–Kier alpha value is -4.71. The molecule has 0 bridgehead atoms. The lowest BCUT2D eigenvalue weighted by atomic mass is 10.0. The molecule has 1 atom stereocenters. The second-order valence-corrected chi connectivity index (χ2v) is 22.3. The first-order valence-corrected chi connectivity index (χ1v) is 34.3. The Balaban J connectivity index is 4.41. The van der Waals surface area contributed by atoms with Gasteiger partial charge >= 0.3 is 17.9 Å². The topological polar surface area (TPSA) is 78.9 Å². The van der Waals surface area contributed by atoms with Gasteiger partial charge in [-0.2, -0.15) is 0 Å². The second-order valence-electron chi connectivity index (χ2n) is 22.3. The summed E-state index contributed by atoms with van der Waals surface area (Å²) >= 11 is 0. The molecule has 6 nitrogen and oxygen atoms in total. The van der Waals surface area contributed by atoms with Gasteiger partial charge in [-0.1, -0.05) is 301 Å². The lowest BCUT2D eigenvalue weighted by Crippen LogP contribution is -2.30. The fraction of sp³-hybridized carbons (Fsp3) is 0.649. The molecule has 0 saturated carbocycles. The standard InChI is InChI=1S/C77H126O6/c1-4-7-10-13-16-19-22-25-28-31-33-34-35-36-37-38-39-40-41-42-44-46-49-52-55-58-61-64-67-70-76(79)82-73-74(72-81-75(78)69-66-63-60-57-54-51-48-45-30-27-24-21-18-15-12-9-6-3)83-77(80)71-68-65-62-59-56-53-50-47-43-32-29-26-23-20-17-14-11-8-5-2/h7-8,10-11,16-17,19-20,25-30,33-34,36-37,43,47,53,56,62,65,74H,4-6,9,12-15,18,21-24,31-32,35,38-42,44-46,48-52,54-55,57-61,63-64,66-73H2,1-3H3/b10-7-,11-8-,19-16-,20-17-,28-25-,29-26-,30-27-,34-33-,37-36-,47-43-,56-53-,65-62-. The number of carbonyl (C=O) groups is 3. The molecule has 0 rings (SSSR count). The Morgan fingerprint density at radius 1 is 0.253 bits per heavy atom. The van der Waals surface area contributed by atoms with Crippen LogP contribution in [0.1, 0.15) is 303 Å². The van der Waals surface area contributed by atoms with E-state index in [1.807, 2.05) is 6.08 Å². The minimum atomic E-state index is -0.828. The summed E-state index contributed by atoms with van der Waals surface area (Å²) in [5.41, 5.74) is 0. The van der Waals surface area contributed by atoms with Crippen LogP contribution < -0.4 is 0 Å². The van der Waals surface area contributed by atoms with Crippen molar-refractivity contribution in [1.82, 2.24) is 0 Å². The summed E-state index contributed by atoms with van der Waals surface area (Å²) in [6.45, 7) is 6.36. The number of rotatable bonds is 61. The Morgan fingerprint density at radius 3 is 0.795 bits per heavy atom. The zero-order chi connectivity index (χ0) is 59.9. The summed E-state index contributed by atoms with van der Waals surface area (Å²) in [6, 6.07) is 0. The van der Waals surface area contributed by atoms with Crippen LogP contribution in [0.25, 0.3) is 0 Å². The number of esters is 3. The third-order valence-corrected chi connectivity index (χ3v) is 14.3. The SMILES string of the molecule is CC/C=C\C/C=C\C/C=C\C/C=C\C/C=C\C/C=C\CCC(=O)OC(COC(=O)CCCCCCCCC/C=C\CCCCCCCC)COC(=O)CCCCCCCCCCCCCCC/C=C\C/C=C\C/C=C\C/C=C\C/C=C\CC. The van der Waals surface area contributed by atoms with Crippen molar-refractivity contribution >= 4 is 17.9 Å². The van der Waals surface area contributed by atoms with Crippen LogP contribution in [0.3, 0.4) is 0 Å². The van der Waals surface area contributed by atoms with E-state index in [-0.39, 0.29) is 31.6 Å². The maximum absolute atomic E-state index is 12.9. The molecule has 0 aromatic heterocycles. The number of allylic oxidation sites excluding steroid dienone is 24. The molecule has 470 valence electrons. The summed E-state index contributed by atoms with van der Waals surface area (Å²) in [7, 11) is 0. The van der Waals surface area contributed by atoms with Gasteiger partial charge in [0, 0.05) is 19.3 Å². The smallest absolute Gasteiger partial charge is 0.306 e. The summed E-state index contributed by atoms with van der Waals surface area (Å²) in [5.74, 6) is -0.999. The largest absolute Gasteiger partial charge is 0.462 e. The summed E-state index contributed by atoms with van der Waals surface area (Å²) in [6.07, 6.45) is 100. The van der Waals surface area contributed by atoms with Gasteiger partial charge in [0.05, 0.1) is 0 Å². The van der Waals surface area contributed by atoms with Gasteiger partial charge < -0.3 is 14.2 Å². The minimum Gasteiger partial charge on any atom is -0.462 e. The number of hydrogen-bond acceptors (Lipinski definition) is 6. The van der Waals surface area contributed by atoms with Crippen LogP contribution in [0.5, 0.6) is 0 Å². The van der Waals surface area contributed by atoms with Crippen molar-refractivity contribution < 1.29 is 28.6 Å². The van der Waals surface area contributed by atoms with Crippen LogP contribution in [-0.4, -0.2) is 37.2 Å². The van der Waals surface area contributed by atoms with Gasteiger partial charge in [-0.3, -0.25) is 14.4 Å². The molecule has 0 N–H and O–H groups in total. The van der Waals surface area contributed by atoms with E-state index in [0.29, 0.717) is 19.3 Å². The first-order valence-electron chi connectivity index (χ1n) is 34.3. The van der Waals surface area contributed by atoms with E-state index in [1.165, 1.54) is 148 Å². The highest BCUT2D eigenvalue weighted by atomic mass is 16.6.